The van der Waals surface area contributed by atoms with Crippen molar-refractivity contribution < 1.29 is 0 Å². The summed E-state index contributed by atoms with van der Waals surface area (Å²) in [6.07, 6.45) is 3.93. The van der Waals surface area contributed by atoms with Crippen LogP contribution in [0.3, 0.4) is 0 Å². The van der Waals surface area contributed by atoms with Crippen molar-refractivity contribution in [1.29, 1.82) is 0 Å². The van der Waals surface area contributed by atoms with Gasteiger partial charge in [0.05, 0.1) is 0 Å². The van der Waals surface area contributed by atoms with Crippen LogP contribution < -0.4 is 11.1 Å². The van der Waals surface area contributed by atoms with Gasteiger partial charge in [-0.2, -0.15) is 0 Å². The van der Waals surface area contributed by atoms with Gasteiger partial charge in [0.2, 0.25) is 0 Å². The van der Waals surface area contributed by atoms with E-state index in [1.165, 1.54) is 19.3 Å². The first kappa shape index (κ1) is 7.03. The Kier molecular flexibility index (Phi) is 2.49. The Labute approximate surface area is 56.8 Å². The molecular weight excluding hydrogens is 112 g/mol. The number of piperidine rings is 1. The Hall–Kier alpha value is -0.0800. The van der Waals surface area contributed by atoms with Crippen LogP contribution >= 0.6 is 0 Å². The fourth-order valence-electron chi connectivity index (χ4n) is 1.33. The molecule has 0 bridgehead atoms. The minimum atomic E-state index is 0.324. The van der Waals surface area contributed by atoms with E-state index in [9.17, 15) is 0 Å². The lowest BCUT2D eigenvalue weighted by molar-refractivity contribution is 0.361. The molecule has 0 spiro atoms. The zero-order chi connectivity index (χ0) is 6.69. The van der Waals surface area contributed by atoms with Gasteiger partial charge in [0, 0.05) is 12.1 Å². The molecule has 2 nitrogen and oxygen atoms in total. The molecule has 0 saturated carbocycles. The van der Waals surface area contributed by atoms with E-state index in [0.29, 0.717) is 12.1 Å². The third kappa shape index (κ3) is 1.95. The maximum Gasteiger partial charge on any atom is 0.0216 e. The average Bonchev–Trinajstić information content (AvgIpc) is 1.90. The highest BCUT2D eigenvalue weighted by Crippen LogP contribution is 2.08. The third-order valence-electron chi connectivity index (χ3n) is 1.98. The number of nitrogens with one attached hydrogen (secondary N) is 1. The van der Waals surface area contributed by atoms with E-state index in [1.807, 2.05) is 0 Å². The fourth-order valence-corrected chi connectivity index (χ4v) is 1.33. The van der Waals surface area contributed by atoms with Crippen LogP contribution in [-0.4, -0.2) is 18.6 Å². The normalized spacial score (nSPS) is 32.0. The van der Waals surface area contributed by atoms with Gasteiger partial charge in [0.15, 0.2) is 0 Å². The van der Waals surface area contributed by atoms with Crippen molar-refractivity contribution in [3.05, 3.63) is 0 Å². The second-order valence-corrected chi connectivity index (χ2v) is 2.92. The molecule has 0 radical (unpaired) electrons. The first-order valence-electron chi connectivity index (χ1n) is 3.79. The smallest absolute Gasteiger partial charge is 0.0216 e. The minimum Gasteiger partial charge on any atom is -0.327 e. The van der Waals surface area contributed by atoms with Gasteiger partial charge in [-0.05, 0) is 26.3 Å². The Morgan fingerprint density at radius 3 is 2.67 bits per heavy atom. The second kappa shape index (κ2) is 3.18. The van der Waals surface area contributed by atoms with E-state index in [-0.39, 0.29) is 0 Å². The van der Waals surface area contributed by atoms with E-state index < -0.39 is 0 Å². The molecule has 1 fully saturated rings. The quantitative estimate of drug-likeness (QED) is 0.539. The lowest BCUT2D eigenvalue weighted by atomic mass is 10.00. The maximum atomic E-state index is 5.70. The van der Waals surface area contributed by atoms with Crippen LogP contribution in [0.5, 0.6) is 0 Å². The molecular formula is C7H16N2. The van der Waals surface area contributed by atoms with Crippen LogP contribution in [0.2, 0.25) is 0 Å². The van der Waals surface area contributed by atoms with Gasteiger partial charge in [-0.25, -0.2) is 0 Å². The molecule has 3 N–H and O–H groups in total. The van der Waals surface area contributed by atoms with E-state index >= 15 is 0 Å². The Balaban J connectivity index is 2.23. The Morgan fingerprint density at radius 2 is 2.33 bits per heavy atom. The summed E-state index contributed by atoms with van der Waals surface area (Å²) < 4.78 is 0. The first-order valence-corrected chi connectivity index (χ1v) is 3.79. The van der Waals surface area contributed by atoms with E-state index in [2.05, 4.69) is 12.2 Å². The van der Waals surface area contributed by atoms with E-state index in [0.717, 1.165) is 6.54 Å². The molecule has 0 aromatic carbocycles. The van der Waals surface area contributed by atoms with Crippen molar-refractivity contribution >= 4 is 0 Å². The third-order valence-corrected chi connectivity index (χ3v) is 1.98. The number of nitrogens with two attached hydrogens (primary N) is 1. The summed E-state index contributed by atoms with van der Waals surface area (Å²) in [6, 6.07) is 0.907. The number of rotatable bonds is 1. The molecule has 1 aliphatic rings. The largest absolute Gasteiger partial charge is 0.327 e. The molecule has 2 atom stereocenters. The molecule has 9 heavy (non-hydrogen) atoms. The number of hydrogen-bond acceptors (Lipinski definition) is 2. The first-order chi connectivity index (χ1) is 4.30. The summed E-state index contributed by atoms with van der Waals surface area (Å²) >= 11 is 0. The summed E-state index contributed by atoms with van der Waals surface area (Å²) in [4.78, 5) is 0. The highest BCUT2D eigenvalue weighted by molar-refractivity contribution is 4.78. The van der Waals surface area contributed by atoms with Gasteiger partial charge in [-0.1, -0.05) is 6.42 Å². The summed E-state index contributed by atoms with van der Waals surface area (Å²) in [5.41, 5.74) is 5.70. The van der Waals surface area contributed by atoms with Gasteiger partial charge in [-0.3, -0.25) is 0 Å². The molecule has 0 aliphatic carbocycles. The van der Waals surface area contributed by atoms with Crippen LogP contribution in [0.25, 0.3) is 0 Å². The monoisotopic (exact) mass is 128 g/mol. The fraction of sp³-hybridized carbons (Fsp3) is 1.00. The molecule has 1 heterocycles. The Bertz CT molecular complexity index is 75.0. The van der Waals surface area contributed by atoms with Crippen molar-refractivity contribution in [3.63, 3.8) is 0 Å². The molecule has 2 heteroatoms. The standard InChI is InChI=1S/C7H16N2/c1-6(8)7-4-2-3-5-9-7/h6-7,9H,2-5,8H2,1H3/t6-,7+/m1/s1. The lowest BCUT2D eigenvalue weighted by Crippen LogP contribution is -2.45. The van der Waals surface area contributed by atoms with Gasteiger partial charge < -0.3 is 11.1 Å². The highest BCUT2D eigenvalue weighted by atomic mass is 15.0. The average molecular weight is 128 g/mol. The molecule has 0 amide bonds. The summed E-state index contributed by atoms with van der Waals surface area (Å²) in [6.45, 7) is 3.23. The Morgan fingerprint density at radius 1 is 1.56 bits per heavy atom. The van der Waals surface area contributed by atoms with E-state index in [1.54, 1.807) is 0 Å². The van der Waals surface area contributed by atoms with Crippen LogP contribution in [0.4, 0.5) is 0 Å². The molecule has 1 saturated heterocycles. The predicted octanol–water partition coefficient (Wildman–Crippen LogP) is 0.476. The van der Waals surface area contributed by atoms with Crippen LogP contribution in [0.1, 0.15) is 26.2 Å². The SMILES string of the molecule is C[C@@H](N)[C@@H]1CCCCN1. The highest BCUT2D eigenvalue weighted by Gasteiger charge is 2.15. The summed E-state index contributed by atoms with van der Waals surface area (Å²) in [7, 11) is 0. The molecule has 0 aromatic heterocycles. The molecule has 1 aliphatic heterocycles. The number of hydrogen-bond donors (Lipinski definition) is 2. The van der Waals surface area contributed by atoms with Crippen LogP contribution in [-0.2, 0) is 0 Å². The van der Waals surface area contributed by atoms with Gasteiger partial charge in [0.25, 0.3) is 0 Å². The molecule has 54 valence electrons. The van der Waals surface area contributed by atoms with Crippen LogP contribution in [0.15, 0.2) is 0 Å². The summed E-state index contributed by atoms with van der Waals surface area (Å²) in [5, 5.41) is 3.39. The summed E-state index contributed by atoms with van der Waals surface area (Å²) in [5.74, 6) is 0. The zero-order valence-electron chi connectivity index (χ0n) is 6.06. The van der Waals surface area contributed by atoms with Gasteiger partial charge in [0.1, 0.15) is 0 Å². The van der Waals surface area contributed by atoms with Crippen molar-refractivity contribution in [1.82, 2.24) is 5.32 Å². The van der Waals surface area contributed by atoms with Gasteiger partial charge >= 0.3 is 0 Å². The van der Waals surface area contributed by atoms with E-state index in [4.69, 9.17) is 5.73 Å². The van der Waals surface area contributed by atoms with Crippen LogP contribution in [0, 0.1) is 0 Å². The van der Waals surface area contributed by atoms with Crippen molar-refractivity contribution in [3.8, 4) is 0 Å². The zero-order valence-corrected chi connectivity index (χ0v) is 6.06. The topological polar surface area (TPSA) is 38.0 Å². The van der Waals surface area contributed by atoms with Gasteiger partial charge in [-0.15, -0.1) is 0 Å². The van der Waals surface area contributed by atoms with Crippen molar-refractivity contribution in [2.24, 2.45) is 5.73 Å². The maximum absolute atomic E-state index is 5.70. The second-order valence-electron chi connectivity index (χ2n) is 2.92. The van der Waals surface area contributed by atoms with Crippen molar-refractivity contribution in [2.75, 3.05) is 6.54 Å². The lowest BCUT2D eigenvalue weighted by Gasteiger charge is -2.26. The molecule has 1 rings (SSSR count). The van der Waals surface area contributed by atoms with Crippen molar-refractivity contribution in [2.45, 2.75) is 38.3 Å². The molecule has 0 aromatic rings. The predicted molar refractivity (Wildman–Crippen MR) is 39.3 cm³/mol. The minimum absolute atomic E-state index is 0.324. The molecule has 0 unspecified atom stereocenters.